The highest BCUT2D eigenvalue weighted by molar-refractivity contribution is 5.93. The summed E-state index contributed by atoms with van der Waals surface area (Å²) in [6.07, 6.45) is 3.55. The number of para-hydroxylation sites is 1. The molecule has 1 heterocycles. The van der Waals surface area contributed by atoms with Crippen molar-refractivity contribution in [1.29, 1.82) is 0 Å². The Morgan fingerprint density at radius 1 is 1.30 bits per heavy atom. The Kier molecular flexibility index (Phi) is 6.20. The van der Waals surface area contributed by atoms with Crippen LogP contribution in [0.1, 0.15) is 45.6 Å². The highest BCUT2D eigenvalue weighted by Gasteiger charge is 2.22. The molecule has 0 bridgehead atoms. The monoisotopic (exact) mass is 316 g/mol. The minimum absolute atomic E-state index is 0.00860. The van der Waals surface area contributed by atoms with Crippen LogP contribution in [0.4, 0.5) is 5.69 Å². The Morgan fingerprint density at radius 2 is 2.04 bits per heavy atom. The fourth-order valence-corrected chi connectivity index (χ4v) is 3.30. The van der Waals surface area contributed by atoms with Gasteiger partial charge in [0.2, 0.25) is 11.8 Å². The van der Waals surface area contributed by atoms with Gasteiger partial charge in [-0.05, 0) is 36.8 Å². The number of anilines is 1. The molecule has 1 saturated heterocycles. The maximum absolute atomic E-state index is 12.4. The lowest BCUT2D eigenvalue weighted by atomic mass is 10.00. The van der Waals surface area contributed by atoms with E-state index < -0.39 is 0 Å². The highest BCUT2D eigenvalue weighted by atomic mass is 16.2. The van der Waals surface area contributed by atoms with Crippen LogP contribution in [0.15, 0.2) is 24.3 Å². The third kappa shape index (κ3) is 4.57. The van der Waals surface area contributed by atoms with Crippen molar-refractivity contribution in [3.05, 3.63) is 29.8 Å². The van der Waals surface area contributed by atoms with Crippen molar-refractivity contribution in [3.63, 3.8) is 0 Å². The average molecular weight is 316 g/mol. The third-order valence-electron chi connectivity index (χ3n) is 4.60. The molecule has 2 amide bonds. The number of amides is 2. The first-order valence-electron chi connectivity index (χ1n) is 8.66. The van der Waals surface area contributed by atoms with Gasteiger partial charge in [-0.15, -0.1) is 0 Å². The second-order valence-electron chi connectivity index (χ2n) is 6.49. The Balaban J connectivity index is 2.03. The molecule has 4 nitrogen and oxygen atoms in total. The van der Waals surface area contributed by atoms with Crippen LogP contribution < -0.4 is 4.90 Å². The fourth-order valence-electron chi connectivity index (χ4n) is 3.30. The van der Waals surface area contributed by atoms with Gasteiger partial charge in [-0.25, -0.2) is 0 Å². The van der Waals surface area contributed by atoms with E-state index in [9.17, 15) is 9.59 Å². The molecule has 0 aromatic heterocycles. The molecule has 0 spiro atoms. The summed E-state index contributed by atoms with van der Waals surface area (Å²) in [6.45, 7) is 8.01. The second kappa shape index (κ2) is 8.14. The van der Waals surface area contributed by atoms with Crippen molar-refractivity contribution < 1.29 is 9.59 Å². The summed E-state index contributed by atoms with van der Waals surface area (Å²) >= 11 is 0. The zero-order valence-electron chi connectivity index (χ0n) is 14.5. The van der Waals surface area contributed by atoms with Crippen molar-refractivity contribution >= 4 is 17.5 Å². The highest BCUT2D eigenvalue weighted by Crippen LogP contribution is 2.22. The first kappa shape index (κ1) is 17.5. The molecular weight excluding hydrogens is 288 g/mol. The fraction of sp³-hybridized carbons (Fsp3) is 0.579. The van der Waals surface area contributed by atoms with Crippen molar-refractivity contribution in [1.82, 2.24) is 4.90 Å². The first-order valence-corrected chi connectivity index (χ1v) is 8.66. The number of benzene rings is 1. The second-order valence-corrected chi connectivity index (χ2v) is 6.49. The van der Waals surface area contributed by atoms with Gasteiger partial charge in [-0.2, -0.15) is 0 Å². The lowest BCUT2D eigenvalue weighted by molar-refractivity contribution is -0.132. The quantitative estimate of drug-likeness (QED) is 0.836. The van der Waals surface area contributed by atoms with E-state index in [-0.39, 0.29) is 11.8 Å². The van der Waals surface area contributed by atoms with E-state index in [1.807, 2.05) is 29.2 Å². The van der Waals surface area contributed by atoms with E-state index in [0.29, 0.717) is 18.9 Å². The molecule has 2 rings (SSSR count). The smallest absolute Gasteiger partial charge is 0.224 e. The number of aryl methyl sites for hydroxylation is 1. The topological polar surface area (TPSA) is 40.6 Å². The molecule has 0 N–H and O–H groups in total. The summed E-state index contributed by atoms with van der Waals surface area (Å²) in [7, 11) is 0. The summed E-state index contributed by atoms with van der Waals surface area (Å²) in [4.78, 5) is 28.2. The van der Waals surface area contributed by atoms with Crippen LogP contribution in [0.2, 0.25) is 0 Å². The number of carbonyl (C=O) groups is 2. The van der Waals surface area contributed by atoms with Gasteiger partial charge in [0.25, 0.3) is 0 Å². The SMILES string of the molecule is CCc1ccccc1N(CCC(=O)N1CCCC(C)C1)C(C)=O. The van der Waals surface area contributed by atoms with Gasteiger partial charge < -0.3 is 9.80 Å². The maximum atomic E-state index is 12.4. The lowest BCUT2D eigenvalue weighted by Gasteiger charge is -2.32. The minimum Gasteiger partial charge on any atom is -0.342 e. The van der Waals surface area contributed by atoms with Crippen molar-refractivity contribution in [2.75, 3.05) is 24.5 Å². The van der Waals surface area contributed by atoms with Gasteiger partial charge >= 0.3 is 0 Å². The number of hydrogen-bond acceptors (Lipinski definition) is 2. The van der Waals surface area contributed by atoms with Crippen molar-refractivity contribution in [2.24, 2.45) is 5.92 Å². The Morgan fingerprint density at radius 3 is 2.70 bits per heavy atom. The van der Waals surface area contributed by atoms with E-state index in [1.165, 1.54) is 6.42 Å². The van der Waals surface area contributed by atoms with Gasteiger partial charge in [0, 0.05) is 38.7 Å². The molecule has 1 aliphatic heterocycles. The molecule has 1 aromatic carbocycles. The average Bonchev–Trinajstić information content (AvgIpc) is 2.55. The van der Waals surface area contributed by atoms with Gasteiger partial charge in [0.05, 0.1) is 0 Å². The Bertz CT molecular complexity index is 556. The molecule has 4 heteroatoms. The number of hydrogen-bond donors (Lipinski definition) is 0. The standard InChI is InChI=1S/C19H28N2O2/c1-4-17-9-5-6-10-18(17)21(16(3)22)13-11-19(23)20-12-7-8-15(2)14-20/h5-6,9-10,15H,4,7-8,11-14H2,1-3H3. The molecule has 1 fully saturated rings. The number of carbonyl (C=O) groups excluding carboxylic acids is 2. The largest absolute Gasteiger partial charge is 0.342 e. The van der Waals surface area contributed by atoms with Crippen molar-refractivity contribution in [2.45, 2.75) is 46.5 Å². The maximum Gasteiger partial charge on any atom is 0.224 e. The summed E-state index contributed by atoms with van der Waals surface area (Å²) in [5, 5.41) is 0. The number of piperidine rings is 1. The van der Waals surface area contributed by atoms with Crippen LogP contribution in [-0.2, 0) is 16.0 Å². The van der Waals surface area contributed by atoms with E-state index in [0.717, 1.165) is 37.2 Å². The number of nitrogens with zero attached hydrogens (tertiary/aromatic N) is 2. The molecule has 0 aliphatic carbocycles. The van der Waals surface area contributed by atoms with Gasteiger partial charge in [0.15, 0.2) is 0 Å². The molecule has 1 unspecified atom stereocenters. The van der Waals surface area contributed by atoms with Crippen molar-refractivity contribution in [3.8, 4) is 0 Å². The molecule has 23 heavy (non-hydrogen) atoms. The zero-order valence-corrected chi connectivity index (χ0v) is 14.5. The van der Waals surface area contributed by atoms with Crippen LogP contribution in [0.25, 0.3) is 0 Å². The molecule has 126 valence electrons. The zero-order chi connectivity index (χ0) is 16.8. The summed E-state index contributed by atoms with van der Waals surface area (Å²) < 4.78 is 0. The first-order chi connectivity index (χ1) is 11.0. The van der Waals surface area contributed by atoms with Gasteiger partial charge in [-0.3, -0.25) is 9.59 Å². The van der Waals surface area contributed by atoms with E-state index in [2.05, 4.69) is 13.8 Å². The van der Waals surface area contributed by atoms with Crippen LogP contribution >= 0.6 is 0 Å². The number of likely N-dealkylation sites (tertiary alicyclic amines) is 1. The minimum atomic E-state index is -0.00860. The summed E-state index contributed by atoms with van der Waals surface area (Å²) in [6, 6.07) is 7.94. The van der Waals surface area contributed by atoms with Crippen LogP contribution in [-0.4, -0.2) is 36.3 Å². The molecule has 1 atom stereocenters. The molecule has 1 aromatic rings. The van der Waals surface area contributed by atoms with Crippen LogP contribution in [0.3, 0.4) is 0 Å². The van der Waals surface area contributed by atoms with E-state index in [4.69, 9.17) is 0 Å². The predicted octanol–water partition coefficient (Wildman–Crippen LogP) is 3.25. The Hall–Kier alpha value is -1.84. The van der Waals surface area contributed by atoms with Gasteiger partial charge in [-0.1, -0.05) is 32.0 Å². The number of rotatable bonds is 5. The molecule has 0 radical (unpaired) electrons. The molecular formula is C19H28N2O2. The van der Waals surface area contributed by atoms with E-state index >= 15 is 0 Å². The molecule has 0 saturated carbocycles. The molecule has 1 aliphatic rings. The van der Waals surface area contributed by atoms with Gasteiger partial charge in [0.1, 0.15) is 0 Å². The third-order valence-corrected chi connectivity index (χ3v) is 4.60. The van der Waals surface area contributed by atoms with E-state index in [1.54, 1.807) is 11.8 Å². The van der Waals surface area contributed by atoms with Crippen LogP contribution in [0, 0.1) is 5.92 Å². The Labute approximate surface area is 139 Å². The normalized spacial score (nSPS) is 17.9. The summed E-state index contributed by atoms with van der Waals surface area (Å²) in [5.74, 6) is 0.736. The lowest BCUT2D eigenvalue weighted by Crippen LogP contribution is -2.41. The summed E-state index contributed by atoms with van der Waals surface area (Å²) in [5.41, 5.74) is 2.07. The van der Waals surface area contributed by atoms with Crippen LogP contribution in [0.5, 0.6) is 0 Å². The predicted molar refractivity (Wildman–Crippen MR) is 93.4 cm³/mol.